The maximum Gasteiger partial charge on any atom is 0.242 e. The zero-order valence-corrected chi connectivity index (χ0v) is 21.0. The van der Waals surface area contributed by atoms with Crippen LogP contribution in [-0.4, -0.2) is 60.4 Å². The number of piperidine rings is 1. The molecule has 4 aliphatic rings. The van der Waals surface area contributed by atoms with Gasteiger partial charge in [0.25, 0.3) is 0 Å². The number of benzene rings is 1. The van der Waals surface area contributed by atoms with Crippen LogP contribution >= 0.6 is 23.2 Å². The summed E-state index contributed by atoms with van der Waals surface area (Å²) in [7, 11) is 0. The summed E-state index contributed by atoms with van der Waals surface area (Å²) in [5.41, 5.74) is 2.21. The Balaban J connectivity index is 1.11. The highest BCUT2D eigenvalue weighted by Crippen LogP contribution is 2.44. The Morgan fingerprint density at radius 2 is 1.85 bits per heavy atom. The van der Waals surface area contributed by atoms with Gasteiger partial charge in [-0.25, -0.2) is 0 Å². The van der Waals surface area contributed by atoms with Crippen molar-refractivity contribution in [2.24, 2.45) is 5.41 Å². The van der Waals surface area contributed by atoms with Gasteiger partial charge in [-0.3, -0.25) is 14.5 Å². The number of hydrogen-bond donors (Lipinski definition) is 1. The summed E-state index contributed by atoms with van der Waals surface area (Å²) < 4.78 is 0. The van der Waals surface area contributed by atoms with Crippen molar-refractivity contribution in [3.8, 4) is 0 Å². The SMILES string of the molecule is CC1(C(=O)NCC(=O)N2CCC(N3CCC4(C=Cc5ccccc54)CC3)C2)C=CC(Cl)=C(Cl)C1. The fourth-order valence-electron chi connectivity index (χ4n) is 5.86. The maximum absolute atomic E-state index is 12.8. The number of hydrogen-bond acceptors (Lipinski definition) is 3. The van der Waals surface area contributed by atoms with E-state index in [1.54, 1.807) is 12.2 Å². The lowest BCUT2D eigenvalue weighted by Gasteiger charge is -2.41. The smallest absolute Gasteiger partial charge is 0.242 e. The molecule has 1 spiro atoms. The van der Waals surface area contributed by atoms with Gasteiger partial charge in [-0.05, 0) is 56.5 Å². The van der Waals surface area contributed by atoms with Gasteiger partial charge >= 0.3 is 0 Å². The highest BCUT2D eigenvalue weighted by molar-refractivity contribution is 6.40. The molecule has 0 saturated carbocycles. The number of halogens is 2. The molecule has 2 heterocycles. The third-order valence-corrected chi connectivity index (χ3v) is 8.89. The normalized spacial score (nSPS) is 28.0. The van der Waals surface area contributed by atoms with Crippen molar-refractivity contribution in [3.63, 3.8) is 0 Å². The molecule has 2 amide bonds. The first-order chi connectivity index (χ1) is 16.3. The molecule has 2 fully saturated rings. The molecule has 2 aliphatic heterocycles. The molecule has 1 N–H and O–H groups in total. The molecular weight excluding hydrogens is 469 g/mol. The number of nitrogens with one attached hydrogen (secondary N) is 1. The van der Waals surface area contributed by atoms with E-state index in [1.807, 2.05) is 11.8 Å². The minimum atomic E-state index is -0.791. The van der Waals surface area contributed by atoms with E-state index in [4.69, 9.17) is 23.2 Å². The molecule has 2 aliphatic carbocycles. The second kappa shape index (κ2) is 9.18. The van der Waals surface area contributed by atoms with Crippen LogP contribution in [0.1, 0.15) is 43.7 Å². The molecule has 180 valence electrons. The topological polar surface area (TPSA) is 52.7 Å². The van der Waals surface area contributed by atoms with E-state index in [0.717, 1.165) is 45.4 Å². The Bertz CT molecular complexity index is 1090. The van der Waals surface area contributed by atoms with Crippen LogP contribution in [0.4, 0.5) is 0 Å². The minimum Gasteiger partial charge on any atom is -0.346 e. The Hall–Kier alpha value is -2.08. The molecule has 2 atom stereocenters. The van der Waals surface area contributed by atoms with E-state index < -0.39 is 5.41 Å². The number of nitrogens with zero attached hydrogens (tertiary/aromatic N) is 2. The van der Waals surface area contributed by atoms with Crippen molar-refractivity contribution in [2.75, 3.05) is 32.7 Å². The second-order valence-corrected chi connectivity index (χ2v) is 11.1. The second-order valence-electron chi connectivity index (χ2n) is 10.3. The number of fused-ring (bicyclic) bond motifs is 2. The first-order valence-electron chi connectivity index (χ1n) is 12.1. The average molecular weight is 500 g/mol. The third-order valence-electron chi connectivity index (χ3n) is 8.10. The van der Waals surface area contributed by atoms with Gasteiger partial charge in [-0.15, -0.1) is 0 Å². The van der Waals surface area contributed by atoms with E-state index in [9.17, 15) is 9.59 Å². The van der Waals surface area contributed by atoms with E-state index >= 15 is 0 Å². The fraction of sp³-hybridized carbons (Fsp3) is 0.481. The van der Waals surface area contributed by atoms with Crippen molar-refractivity contribution in [1.29, 1.82) is 0 Å². The van der Waals surface area contributed by atoms with Gasteiger partial charge in [0.15, 0.2) is 0 Å². The van der Waals surface area contributed by atoms with Gasteiger partial charge in [0.2, 0.25) is 11.8 Å². The van der Waals surface area contributed by atoms with Gasteiger partial charge in [-0.1, -0.05) is 65.7 Å². The number of carbonyl (C=O) groups is 2. The van der Waals surface area contributed by atoms with Crippen molar-refractivity contribution < 1.29 is 9.59 Å². The number of amides is 2. The summed E-state index contributed by atoms with van der Waals surface area (Å²) in [5, 5.41) is 3.74. The molecule has 0 bridgehead atoms. The van der Waals surface area contributed by atoms with Gasteiger partial charge in [0.1, 0.15) is 0 Å². The molecule has 1 aromatic rings. The highest BCUT2D eigenvalue weighted by Gasteiger charge is 2.41. The molecule has 2 saturated heterocycles. The third kappa shape index (κ3) is 4.34. The minimum absolute atomic E-state index is 0.00867. The Morgan fingerprint density at radius 1 is 1.09 bits per heavy atom. The van der Waals surface area contributed by atoms with Crippen molar-refractivity contribution in [1.82, 2.24) is 15.1 Å². The molecule has 5 nitrogen and oxygen atoms in total. The van der Waals surface area contributed by atoms with Crippen LogP contribution in [0.5, 0.6) is 0 Å². The van der Waals surface area contributed by atoms with Gasteiger partial charge in [0.05, 0.1) is 17.0 Å². The molecule has 2 unspecified atom stereocenters. The summed E-state index contributed by atoms with van der Waals surface area (Å²) in [5.74, 6) is -0.235. The van der Waals surface area contributed by atoms with E-state index in [1.165, 1.54) is 11.1 Å². The monoisotopic (exact) mass is 499 g/mol. The van der Waals surface area contributed by atoms with Gasteiger partial charge in [0, 0.05) is 36.0 Å². The standard InChI is InChI=1S/C27H31Cl2N3O2/c1-26(9-7-22(28)23(29)16-26)25(34)30-17-24(33)32-13-8-20(18-32)31-14-11-27(12-15-31)10-6-19-4-2-3-5-21(19)27/h2-7,9-10,20H,8,11-18H2,1H3,(H,30,34). The predicted molar refractivity (Wildman–Crippen MR) is 137 cm³/mol. The zero-order valence-electron chi connectivity index (χ0n) is 19.5. The fourth-order valence-corrected chi connectivity index (χ4v) is 6.33. The summed E-state index contributed by atoms with van der Waals surface area (Å²) in [4.78, 5) is 30.0. The van der Waals surface area contributed by atoms with Crippen molar-refractivity contribution in [2.45, 2.75) is 44.1 Å². The Morgan fingerprint density at radius 3 is 2.62 bits per heavy atom. The van der Waals surface area contributed by atoms with Crippen LogP contribution < -0.4 is 5.32 Å². The lowest BCUT2D eigenvalue weighted by Crippen LogP contribution is -2.48. The summed E-state index contributed by atoms with van der Waals surface area (Å²) >= 11 is 12.2. The number of allylic oxidation sites excluding steroid dienone is 4. The van der Waals surface area contributed by atoms with Crippen molar-refractivity contribution in [3.05, 3.63) is 63.7 Å². The maximum atomic E-state index is 12.8. The average Bonchev–Trinajstić information content (AvgIpc) is 3.47. The lowest BCUT2D eigenvalue weighted by atomic mass is 9.74. The van der Waals surface area contributed by atoms with Gasteiger partial charge < -0.3 is 10.2 Å². The molecule has 0 aromatic heterocycles. The molecule has 34 heavy (non-hydrogen) atoms. The summed E-state index contributed by atoms with van der Waals surface area (Å²) in [6.45, 7) is 5.38. The molecular formula is C27H31Cl2N3O2. The Kier molecular flexibility index (Phi) is 6.38. The summed E-state index contributed by atoms with van der Waals surface area (Å²) in [6, 6.07) is 9.12. The highest BCUT2D eigenvalue weighted by atomic mass is 35.5. The Labute approximate surface area is 211 Å². The number of likely N-dealkylation sites (tertiary alicyclic amines) is 2. The molecule has 0 radical (unpaired) electrons. The number of rotatable bonds is 4. The zero-order chi connectivity index (χ0) is 23.9. The van der Waals surface area contributed by atoms with Crippen LogP contribution in [0.2, 0.25) is 0 Å². The van der Waals surface area contributed by atoms with E-state index in [-0.39, 0.29) is 23.8 Å². The first kappa shape index (κ1) is 23.7. The van der Waals surface area contributed by atoms with Crippen LogP contribution in [0.15, 0.2) is 52.6 Å². The van der Waals surface area contributed by atoms with Crippen molar-refractivity contribution >= 4 is 41.1 Å². The van der Waals surface area contributed by atoms with Crippen LogP contribution in [-0.2, 0) is 15.0 Å². The predicted octanol–water partition coefficient (Wildman–Crippen LogP) is 4.42. The van der Waals surface area contributed by atoms with Gasteiger partial charge in [-0.2, -0.15) is 0 Å². The van der Waals surface area contributed by atoms with E-state index in [0.29, 0.717) is 22.5 Å². The molecule has 7 heteroatoms. The van der Waals surface area contributed by atoms with Crippen LogP contribution in [0.25, 0.3) is 6.08 Å². The molecule has 1 aromatic carbocycles. The quantitative estimate of drug-likeness (QED) is 0.666. The van der Waals surface area contributed by atoms with Crippen LogP contribution in [0, 0.1) is 5.41 Å². The number of carbonyl (C=O) groups excluding carboxylic acids is 2. The summed E-state index contributed by atoms with van der Waals surface area (Å²) in [6.07, 6.45) is 11.7. The lowest BCUT2D eigenvalue weighted by molar-refractivity contribution is -0.134. The molecule has 5 rings (SSSR count). The van der Waals surface area contributed by atoms with E-state index in [2.05, 4.69) is 46.6 Å². The largest absolute Gasteiger partial charge is 0.346 e. The first-order valence-corrected chi connectivity index (χ1v) is 12.9. The van der Waals surface area contributed by atoms with Crippen LogP contribution in [0.3, 0.4) is 0 Å².